The van der Waals surface area contributed by atoms with Gasteiger partial charge < -0.3 is 0 Å². The second kappa shape index (κ2) is 6.00. The maximum Gasteiger partial charge on any atom is 0.164 e. The van der Waals surface area contributed by atoms with Crippen LogP contribution in [-0.4, -0.2) is 5.78 Å². The molecule has 0 fully saturated rings. The normalized spacial score (nSPS) is 17.6. The van der Waals surface area contributed by atoms with Gasteiger partial charge in [0.1, 0.15) is 0 Å². The molecule has 0 atom stereocenters. The van der Waals surface area contributed by atoms with Crippen molar-refractivity contribution in [3.05, 3.63) is 35.5 Å². The van der Waals surface area contributed by atoms with E-state index in [-0.39, 0.29) is 11.2 Å². The SMILES string of the molecule is C/C=C(/CC1=CCCCC=C1)C(=O)C(C)(C)C. The third-order valence-corrected chi connectivity index (χ3v) is 3.03. The fourth-order valence-corrected chi connectivity index (χ4v) is 1.97. The van der Waals surface area contributed by atoms with Crippen LogP contribution in [0.15, 0.2) is 35.5 Å². The van der Waals surface area contributed by atoms with Crippen molar-refractivity contribution in [1.29, 1.82) is 0 Å². The fraction of sp³-hybridized carbons (Fsp3) is 0.562. The highest BCUT2D eigenvalue weighted by Gasteiger charge is 2.24. The number of allylic oxidation sites excluding steroid dienone is 6. The van der Waals surface area contributed by atoms with E-state index in [1.54, 1.807) is 0 Å². The second-order valence-corrected chi connectivity index (χ2v) is 5.68. The molecule has 0 spiro atoms. The lowest BCUT2D eigenvalue weighted by Crippen LogP contribution is -2.22. The first-order valence-corrected chi connectivity index (χ1v) is 6.50. The van der Waals surface area contributed by atoms with Gasteiger partial charge in [0, 0.05) is 11.8 Å². The number of rotatable bonds is 3. The van der Waals surface area contributed by atoms with Crippen LogP contribution in [0.4, 0.5) is 0 Å². The highest BCUT2D eigenvalue weighted by molar-refractivity contribution is 5.99. The van der Waals surface area contributed by atoms with Crippen LogP contribution in [0.5, 0.6) is 0 Å². The Morgan fingerprint density at radius 3 is 2.65 bits per heavy atom. The Morgan fingerprint density at radius 1 is 1.35 bits per heavy atom. The summed E-state index contributed by atoms with van der Waals surface area (Å²) in [6.45, 7) is 7.91. The number of ketones is 1. The molecule has 1 rings (SSSR count). The molecule has 0 saturated heterocycles. The summed E-state index contributed by atoms with van der Waals surface area (Å²) >= 11 is 0. The summed E-state index contributed by atoms with van der Waals surface area (Å²) in [7, 11) is 0. The molecular weight excluding hydrogens is 208 g/mol. The predicted octanol–water partition coefficient (Wildman–Crippen LogP) is 4.60. The summed E-state index contributed by atoms with van der Waals surface area (Å²) in [6.07, 6.45) is 12.9. The average Bonchev–Trinajstić information content (AvgIpc) is 2.52. The van der Waals surface area contributed by atoms with E-state index in [9.17, 15) is 4.79 Å². The first-order chi connectivity index (χ1) is 7.95. The van der Waals surface area contributed by atoms with Crippen LogP contribution in [0.3, 0.4) is 0 Å². The molecule has 0 bridgehead atoms. The van der Waals surface area contributed by atoms with E-state index < -0.39 is 0 Å². The number of hydrogen-bond acceptors (Lipinski definition) is 1. The lowest BCUT2D eigenvalue weighted by Gasteiger charge is -2.19. The third kappa shape index (κ3) is 4.33. The first kappa shape index (κ1) is 14.0. The van der Waals surface area contributed by atoms with Gasteiger partial charge in [-0.15, -0.1) is 0 Å². The molecule has 1 heteroatoms. The Morgan fingerprint density at radius 2 is 2.06 bits per heavy atom. The number of Topliss-reactive ketones (excluding diaryl/α,β-unsaturated/α-hetero) is 1. The first-order valence-electron chi connectivity index (χ1n) is 6.50. The van der Waals surface area contributed by atoms with Crippen molar-refractivity contribution in [2.75, 3.05) is 0 Å². The molecule has 1 nitrogen and oxygen atoms in total. The summed E-state index contributed by atoms with van der Waals surface area (Å²) in [6, 6.07) is 0. The molecule has 0 saturated carbocycles. The molecule has 0 unspecified atom stereocenters. The molecule has 0 N–H and O–H groups in total. The van der Waals surface area contributed by atoms with Crippen molar-refractivity contribution in [1.82, 2.24) is 0 Å². The Hall–Kier alpha value is -1.11. The van der Waals surface area contributed by atoms with E-state index in [0.717, 1.165) is 24.8 Å². The van der Waals surface area contributed by atoms with Crippen LogP contribution in [0.1, 0.15) is 53.4 Å². The maximum absolute atomic E-state index is 12.2. The standard InChI is InChI=1S/C16H24O/c1-5-14(15(17)16(2,3)4)12-13-10-8-6-7-9-11-13/h5,8,10-11H,6-7,9,12H2,1-4H3/b14-5-. The molecule has 0 heterocycles. The molecule has 0 aromatic heterocycles. The minimum Gasteiger partial charge on any atom is -0.294 e. The molecular formula is C16H24O. The molecule has 0 radical (unpaired) electrons. The molecule has 0 aromatic carbocycles. The van der Waals surface area contributed by atoms with Crippen molar-refractivity contribution in [2.24, 2.45) is 5.41 Å². The van der Waals surface area contributed by atoms with Gasteiger partial charge in [0.2, 0.25) is 0 Å². The lowest BCUT2D eigenvalue weighted by atomic mass is 9.84. The van der Waals surface area contributed by atoms with Crippen LogP contribution >= 0.6 is 0 Å². The molecule has 0 aromatic rings. The molecule has 17 heavy (non-hydrogen) atoms. The van der Waals surface area contributed by atoms with Crippen molar-refractivity contribution >= 4 is 5.78 Å². The Balaban J connectivity index is 2.78. The minimum atomic E-state index is -0.281. The summed E-state index contributed by atoms with van der Waals surface area (Å²) in [5.74, 6) is 0.263. The Bertz CT molecular complexity index is 361. The van der Waals surface area contributed by atoms with Gasteiger partial charge in [-0.1, -0.05) is 45.1 Å². The average molecular weight is 232 g/mol. The van der Waals surface area contributed by atoms with Crippen LogP contribution in [0.2, 0.25) is 0 Å². The van der Waals surface area contributed by atoms with Crippen molar-refractivity contribution in [3.63, 3.8) is 0 Å². The monoisotopic (exact) mass is 232 g/mol. The number of hydrogen-bond donors (Lipinski definition) is 0. The molecule has 1 aliphatic carbocycles. The van der Waals surface area contributed by atoms with Crippen molar-refractivity contribution < 1.29 is 4.79 Å². The maximum atomic E-state index is 12.2. The van der Waals surface area contributed by atoms with Gasteiger partial charge in [0.25, 0.3) is 0 Å². The van der Waals surface area contributed by atoms with Crippen LogP contribution in [-0.2, 0) is 4.79 Å². The van der Waals surface area contributed by atoms with E-state index in [2.05, 4.69) is 18.2 Å². The summed E-state index contributed by atoms with van der Waals surface area (Å²) in [5, 5.41) is 0. The van der Waals surface area contributed by atoms with Gasteiger partial charge in [0.15, 0.2) is 5.78 Å². The van der Waals surface area contributed by atoms with Gasteiger partial charge in [-0.2, -0.15) is 0 Å². The minimum absolute atomic E-state index is 0.263. The number of carbonyl (C=O) groups is 1. The Labute approximate surface area is 105 Å². The van der Waals surface area contributed by atoms with Crippen LogP contribution in [0.25, 0.3) is 0 Å². The number of carbonyl (C=O) groups excluding carboxylic acids is 1. The van der Waals surface area contributed by atoms with Crippen molar-refractivity contribution in [3.8, 4) is 0 Å². The molecule has 1 aliphatic rings. The molecule has 94 valence electrons. The third-order valence-electron chi connectivity index (χ3n) is 3.03. The van der Waals surface area contributed by atoms with Gasteiger partial charge in [-0.3, -0.25) is 4.79 Å². The van der Waals surface area contributed by atoms with Crippen molar-refractivity contribution in [2.45, 2.75) is 53.4 Å². The molecule has 0 aliphatic heterocycles. The van der Waals surface area contributed by atoms with Gasteiger partial charge in [-0.25, -0.2) is 0 Å². The Kier molecular flexibility index (Phi) is 4.92. The topological polar surface area (TPSA) is 17.1 Å². The summed E-state index contributed by atoms with van der Waals surface area (Å²) in [5.41, 5.74) is 1.94. The quantitative estimate of drug-likeness (QED) is 0.650. The van der Waals surface area contributed by atoms with E-state index in [1.165, 1.54) is 12.0 Å². The van der Waals surface area contributed by atoms with E-state index in [0.29, 0.717) is 0 Å². The zero-order valence-corrected chi connectivity index (χ0v) is 11.5. The highest BCUT2D eigenvalue weighted by atomic mass is 16.1. The zero-order chi connectivity index (χ0) is 12.9. The fourth-order valence-electron chi connectivity index (χ4n) is 1.97. The van der Waals surface area contributed by atoms with E-state index in [1.807, 2.05) is 33.8 Å². The zero-order valence-electron chi connectivity index (χ0n) is 11.5. The largest absolute Gasteiger partial charge is 0.294 e. The lowest BCUT2D eigenvalue weighted by molar-refractivity contribution is -0.122. The second-order valence-electron chi connectivity index (χ2n) is 5.68. The molecule has 0 amide bonds. The smallest absolute Gasteiger partial charge is 0.164 e. The summed E-state index contributed by atoms with van der Waals surface area (Å²) < 4.78 is 0. The van der Waals surface area contributed by atoms with Crippen LogP contribution < -0.4 is 0 Å². The van der Waals surface area contributed by atoms with Gasteiger partial charge in [0.05, 0.1) is 0 Å². The van der Waals surface area contributed by atoms with E-state index in [4.69, 9.17) is 0 Å². The van der Waals surface area contributed by atoms with Gasteiger partial charge in [-0.05, 0) is 37.3 Å². The van der Waals surface area contributed by atoms with Gasteiger partial charge >= 0.3 is 0 Å². The highest BCUT2D eigenvalue weighted by Crippen LogP contribution is 2.25. The predicted molar refractivity (Wildman–Crippen MR) is 73.9 cm³/mol. The summed E-state index contributed by atoms with van der Waals surface area (Å²) in [4.78, 5) is 12.2. The van der Waals surface area contributed by atoms with Crippen LogP contribution in [0, 0.1) is 5.41 Å². The van der Waals surface area contributed by atoms with E-state index >= 15 is 0 Å².